The van der Waals surface area contributed by atoms with Crippen LogP contribution in [0.3, 0.4) is 0 Å². The second-order valence-electron chi connectivity index (χ2n) is 20.4. The van der Waals surface area contributed by atoms with Crippen LogP contribution in [0.2, 0.25) is 0 Å². The van der Waals surface area contributed by atoms with Crippen molar-refractivity contribution in [3.8, 4) is 0 Å². The fourth-order valence-electron chi connectivity index (χ4n) is 13.9. The molecule has 0 bridgehead atoms. The maximum absolute atomic E-state index is 2.74. The van der Waals surface area contributed by atoms with E-state index in [-0.39, 0.29) is 67.9 Å². The van der Waals surface area contributed by atoms with Crippen molar-refractivity contribution >= 4 is 31.5 Å². The van der Waals surface area contributed by atoms with Crippen molar-refractivity contribution < 1.29 is 67.9 Å². The molecular formula is C64H160Br4N16P4. The lowest BCUT2D eigenvalue weighted by Crippen LogP contribution is -3.00. The Balaban J connectivity index is -0.000000159. The Bertz CT molecular complexity index is 1000. The molecule has 0 aliphatic heterocycles. The van der Waals surface area contributed by atoms with E-state index in [0.717, 1.165) is 209 Å². The molecule has 0 fully saturated rings. The van der Waals surface area contributed by atoms with Gasteiger partial charge in [-0.05, 0) is 222 Å². The molecule has 0 aliphatic rings. The largest absolute Gasteiger partial charge is 1.00 e. The molecule has 0 heterocycles. The van der Waals surface area contributed by atoms with Gasteiger partial charge in [0.15, 0.2) is 0 Å². The van der Waals surface area contributed by atoms with Crippen LogP contribution < -0.4 is 67.9 Å². The summed E-state index contributed by atoms with van der Waals surface area (Å²) in [5.41, 5.74) is 0. The molecule has 0 aromatic rings. The quantitative estimate of drug-likeness (QED) is 0.0821. The maximum Gasteiger partial charge on any atom is 0.308 e. The van der Waals surface area contributed by atoms with E-state index in [1.54, 1.807) is 0 Å². The molecule has 0 spiro atoms. The summed E-state index contributed by atoms with van der Waals surface area (Å²) < 4.78 is 43.8. The van der Waals surface area contributed by atoms with Gasteiger partial charge in [-0.25, -0.2) is 0 Å². The number of hydrogen-bond acceptors (Lipinski definition) is 16. The molecule has 0 saturated heterocycles. The molecule has 0 aliphatic carbocycles. The Labute approximate surface area is 600 Å². The first-order chi connectivity index (χ1) is 40.3. The van der Waals surface area contributed by atoms with Crippen LogP contribution in [0.4, 0.5) is 0 Å². The SMILES string of the molecule is CCN(CC)[P+](N(CC)CC)(N(CC)CC)N(CC)CC.CCN(CC)[P+](N(CC)CC)(N(CC)CC)N(CC)CC.CCN(CC)[P+](N(CC)CC)(N(CC)CC)N(CC)CC.CCN(CC)[P+](N(CC)CC)(N(CC)CC)N(CC)CC.[Br-].[Br-].[Br-].[Br-]. The molecule has 0 amide bonds. The van der Waals surface area contributed by atoms with Crippen molar-refractivity contribution in [3.63, 3.8) is 0 Å². The number of hydrogen-bond donors (Lipinski definition) is 0. The predicted octanol–water partition coefficient (Wildman–Crippen LogP) is 4.14. The van der Waals surface area contributed by atoms with Gasteiger partial charge in [-0.2, -0.15) is 0 Å². The van der Waals surface area contributed by atoms with Crippen molar-refractivity contribution in [2.24, 2.45) is 0 Å². The van der Waals surface area contributed by atoms with E-state index < -0.39 is 31.5 Å². The third kappa shape index (κ3) is 25.9. The zero-order chi connectivity index (χ0) is 65.9. The van der Waals surface area contributed by atoms with Crippen molar-refractivity contribution in [2.75, 3.05) is 209 Å². The van der Waals surface area contributed by atoms with Crippen LogP contribution in [0.15, 0.2) is 0 Å². The molecule has 0 radical (unpaired) electrons. The molecule has 544 valence electrons. The lowest BCUT2D eigenvalue weighted by Gasteiger charge is -2.50. The first kappa shape index (κ1) is 107. The molecule has 0 rings (SSSR count). The minimum absolute atomic E-state index is 0. The molecule has 88 heavy (non-hydrogen) atoms. The van der Waals surface area contributed by atoms with E-state index in [2.05, 4.69) is 296 Å². The summed E-state index contributed by atoms with van der Waals surface area (Å²) in [4.78, 5) is 0. The zero-order valence-electron chi connectivity index (χ0n) is 65.1. The maximum atomic E-state index is 2.74. The number of halogens is 4. The van der Waals surface area contributed by atoms with Gasteiger partial charge in [0.2, 0.25) is 0 Å². The normalized spacial score (nSPS) is 12.5. The highest BCUT2D eigenvalue weighted by Crippen LogP contribution is 2.72. The zero-order valence-corrected chi connectivity index (χ0v) is 75.0. The van der Waals surface area contributed by atoms with E-state index in [1.165, 1.54) is 0 Å². The van der Waals surface area contributed by atoms with Crippen LogP contribution in [0.1, 0.15) is 222 Å². The highest BCUT2D eigenvalue weighted by Gasteiger charge is 2.62. The van der Waals surface area contributed by atoms with Crippen LogP contribution in [0.5, 0.6) is 0 Å². The first-order valence-electron chi connectivity index (χ1n) is 35.9. The first-order valence-corrected chi connectivity index (χ1v) is 42.3. The van der Waals surface area contributed by atoms with Crippen LogP contribution in [-0.4, -0.2) is 284 Å². The van der Waals surface area contributed by atoms with Crippen LogP contribution in [0, 0.1) is 0 Å². The van der Waals surface area contributed by atoms with E-state index in [0.29, 0.717) is 0 Å². The monoisotopic (exact) mass is 1590 g/mol. The smallest absolute Gasteiger partial charge is 0.308 e. The van der Waals surface area contributed by atoms with E-state index in [4.69, 9.17) is 0 Å². The van der Waals surface area contributed by atoms with Gasteiger partial charge in [-0.15, -0.1) is 74.7 Å². The third-order valence-corrected chi connectivity index (χ3v) is 38.9. The van der Waals surface area contributed by atoms with Gasteiger partial charge in [0.1, 0.15) is 0 Å². The van der Waals surface area contributed by atoms with Crippen molar-refractivity contribution in [2.45, 2.75) is 222 Å². The molecule has 0 aromatic carbocycles. The summed E-state index contributed by atoms with van der Waals surface area (Å²) in [5.74, 6) is 0. The molecule has 24 heteroatoms. The standard InChI is InChI=1S/4C16H40N4P.4BrH/c4*1-9-17(10-2)21(18(11-3)12-4,19(13-5)14-6)20(15-7)16-8;;;;/h4*9-16H2,1-8H3;4*1H/q4*+1;;;;/p-4. The van der Waals surface area contributed by atoms with Crippen molar-refractivity contribution in [1.82, 2.24) is 74.7 Å². The van der Waals surface area contributed by atoms with Gasteiger partial charge < -0.3 is 67.9 Å². The summed E-state index contributed by atoms with van der Waals surface area (Å²) >= 11 is 0. The Morgan fingerprint density at radius 2 is 0.136 bits per heavy atom. The van der Waals surface area contributed by atoms with Crippen LogP contribution in [0.25, 0.3) is 0 Å². The second-order valence-corrected chi connectivity index (χ2v) is 33.7. The highest BCUT2D eigenvalue weighted by molar-refractivity contribution is 7.67. The molecule has 0 aromatic heterocycles. The summed E-state index contributed by atoms with van der Waals surface area (Å²) in [6.45, 7) is 110. The Kier molecular flexibility index (Phi) is 75.7. The summed E-state index contributed by atoms with van der Waals surface area (Å²) in [7, 11) is -6.41. The minimum atomic E-state index is -1.60. The second kappa shape index (κ2) is 62.3. The average molecular weight is 1600 g/mol. The fraction of sp³-hybridized carbons (Fsp3) is 1.00. The lowest BCUT2D eigenvalue weighted by molar-refractivity contribution is -0.00100. The van der Waals surface area contributed by atoms with E-state index >= 15 is 0 Å². The molecule has 16 nitrogen and oxygen atoms in total. The van der Waals surface area contributed by atoms with Crippen molar-refractivity contribution in [1.29, 1.82) is 0 Å². The van der Waals surface area contributed by atoms with Gasteiger partial charge in [-0.3, -0.25) is 0 Å². The summed E-state index contributed by atoms with van der Waals surface area (Å²) in [6.07, 6.45) is 0. The minimum Gasteiger partial charge on any atom is -1.00 e. The Morgan fingerprint density at radius 3 is 0.159 bits per heavy atom. The molecule has 0 atom stereocenters. The van der Waals surface area contributed by atoms with Crippen LogP contribution >= 0.6 is 31.5 Å². The lowest BCUT2D eigenvalue weighted by atomic mass is 10.6. The average Bonchev–Trinajstić information content (AvgIpc) is 3.70. The molecular weight excluding hydrogens is 1440 g/mol. The number of rotatable bonds is 48. The molecule has 0 unspecified atom stereocenters. The van der Waals surface area contributed by atoms with Gasteiger partial charge in [-0.1, -0.05) is 0 Å². The topological polar surface area (TPSA) is 51.8 Å². The van der Waals surface area contributed by atoms with E-state index in [9.17, 15) is 0 Å². The van der Waals surface area contributed by atoms with Gasteiger partial charge >= 0.3 is 31.5 Å². The fourth-order valence-corrected chi connectivity index (χ4v) is 34.7. The molecule has 0 N–H and O–H groups in total. The van der Waals surface area contributed by atoms with Gasteiger partial charge in [0.25, 0.3) is 0 Å². The third-order valence-electron chi connectivity index (χ3n) is 17.8. The summed E-state index contributed by atoms with van der Waals surface area (Å²) in [5, 5.41) is 0. The van der Waals surface area contributed by atoms with Gasteiger partial charge in [0, 0.05) is 209 Å². The van der Waals surface area contributed by atoms with Crippen molar-refractivity contribution in [3.05, 3.63) is 0 Å². The molecule has 0 saturated carbocycles. The summed E-state index contributed by atoms with van der Waals surface area (Å²) in [6, 6.07) is 0. The predicted molar refractivity (Wildman–Crippen MR) is 394 cm³/mol. The van der Waals surface area contributed by atoms with E-state index in [1.807, 2.05) is 0 Å². The van der Waals surface area contributed by atoms with Crippen LogP contribution in [-0.2, 0) is 0 Å². The number of nitrogens with zero attached hydrogens (tertiary/aromatic N) is 16. The highest BCUT2D eigenvalue weighted by atomic mass is 79.9. The Hall–Kier alpha value is 3.00. The van der Waals surface area contributed by atoms with Gasteiger partial charge in [0.05, 0.1) is 0 Å². The Morgan fingerprint density at radius 1 is 0.102 bits per heavy atom.